The van der Waals surface area contributed by atoms with Crippen LogP contribution in [-0.2, 0) is 0 Å². The summed E-state index contributed by atoms with van der Waals surface area (Å²) in [4.78, 5) is 2.04. The Morgan fingerprint density at radius 3 is 2.53 bits per heavy atom. The van der Waals surface area contributed by atoms with Crippen LogP contribution in [-0.4, -0.2) is 32.6 Å². The number of rotatable bonds is 5. The number of ether oxygens (including phenoxy) is 1. The summed E-state index contributed by atoms with van der Waals surface area (Å²) >= 11 is 0. The van der Waals surface area contributed by atoms with Gasteiger partial charge >= 0.3 is 0 Å². The molecule has 1 rings (SSSR count). The first-order valence-corrected chi connectivity index (χ1v) is 5.71. The number of methoxy groups -OCH3 is 1. The number of hydrogen-bond acceptors (Lipinski definition) is 3. The third-order valence-corrected chi connectivity index (χ3v) is 2.98. The molecule has 17 heavy (non-hydrogen) atoms. The van der Waals surface area contributed by atoms with E-state index in [0.717, 1.165) is 5.56 Å². The second-order valence-corrected chi connectivity index (χ2v) is 4.51. The van der Waals surface area contributed by atoms with Gasteiger partial charge in [0.2, 0.25) is 0 Å². The van der Waals surface area contributed by atoms with Crippen molar-refractivity contribution in [2.45, 2.75) is 13.0 Å². The highest BCUT2D eigenvalue weighted by molar-refractivity contribution is 5.37. The maximum atomic E-state index is 13.4. The molecule has 2 unspecified atom stereocenters. The molecule has 0 radical (unpaired) electrons. The first-order valence-electron chi connectivity index (χ1n) is 5.71. The molecule has 2 N–H and O–H groups in total. The second kappa shape index (κ2) is 5.98. The Balaban J connectivity index is 3.21. The quantitative estimate of drug-likeness (QED) is 0.856. The maximum absolute atomic E-state index is 13.4. The monoisotopic (exact) mass is 240 g/mol. The van der Waals surface area contributed by atoms with E-state index in [2.05, 4.69) is 6.92 Å². The largest absolute Gasteiger partial charge is 0.496 e. The summed E-state index contributed by atoms with van der Waals surface area (Å²) < 4.78 is 18.7. The smallest absolute Gasteiger partial charge is 0.123 e. The van der Waals surface area contributed by atoms with E-state index in [1.807, 2.05) is 19.0 Å². The summed E-state index contributed by atoms with van der Waals surface area (Å²) in [6.45, 7) is 2.59. The lowest BCUT2D eigenvalue weighted by Crippen LogP contribution is -2.30. The molecule has 0 amide bonds. The van der Waals surface area contributed by atoms with Crippen LogP contribution in [0.15, 0.2) is 18.2 Å². The van der Waals surface area contributed by atoms with E-state index in [9.17, 15) is 4.39 Å². The topological polar surface area (TPSA) is 38.5 Å². The van der Waals surface area contributed by atoms with Crippen LogP contribution >= 0.6 is 0 Å². The number of hydrogen-bond donors (Lipinski definition) is 1. The van der Waals surface area contributed by atoms with E-state index in [0.29, 0.717) is 12.3 Å². The van der Waals surface area contributed by atoms with Crippen molar-refractivity contribution in [1.29, 1.82) is 0 Å². The molecule has 0 saturated heterocycles. The fourth-order valence-corrected chi connectivity index (χ4v) is 2.16. The minimum atomic E-state index is -0.253. The number of halogens is 1. The van der Waals surface area contributed by atoms with Gasteiger partial charge in [0.25, 0.3) is 0 Å². The summed E-state index contributed by atoms with van der Waals surface area (Å²) in [6, 6.07) is 4.63. The molecule has 96 valence electrons. The number of benzene rings is 1. The molecule has 0 aliphatic carbocycles. The van der Waals surface area contributed by atoms with Gasteiger partial charge in [0.1, 0.15) is 11.6 Å². The van der Waals surface area contributed by atoms with Crippen LogP contribution in [0.1, 0.15) is 18.5 Å². The molecule has 0 aromatic heterocycles. The van der Waals surface area contributed by atoms with Gasteiger partial charge in [-0.1, -0.05) is 6.92 Å². The van der Waals surface area contributed by atoms with Crippen molar-refractivity contribution in [2.24, 2.45) is 11.7 Å². The van der Waals surface area contributed by atoms with Crippen molar-refractivity contribution in [3.05, 3.63) is 29.6 Å². The third kappa shape index (κ3) is 3.17. The zero-order chi connectivity index (χ0) is 13.0. The van der Waals surface area contributed by atoms with Crippen molar-refractivity contribution >= 4 is 0 Å². The van der Waals surface area contributed by atoms with Crippen LogP contribution in [0.3, 0.4) is 0 Å². The lowest BCUT2D eigenvalue weighted by atomic mass is 9.93. The molecule has 0 bridgehead atoms. The molecule has 4 heteroatoms. The Morgan fingerprint density at radius 2 is 2.06 bits per heavy atom. The first-order chi connectivity index (χ1) is 8.01. The van der Waals surface area contributed by atoms with E-state index < -0.39 is 0 Å². The van der Waals surface area contributed by atoms with Gasteiger partial charge < -0.3 is 15.4 Å². The number of nitrogens with two attached hydrogens (primary N) is 1. The van der Waals surface area contributed by atoms with Crippen molar-refractivity contribution in [3.8, 4) is 5.75 Å². The van der Waals surface area contributed by atoms with Crippen molar-refractivity contribution < 1.29 is 9.13 Å². The molecular weight excluding hydrogens is 219 g/mol. The van der Waals surface area contributed by atoms with Crippen LogP contribution in [0.25, 0.3) is 0 Å². The minimum absolute atomic E-state index is 0.0469. The zero-order valence-electron chi connectivity index (χ0n) is 10.9. The van der Waals surface area contributed by atoms with Gasteiger partial charge in [0.15, 0.2) is 0 Å². The fourth-order valence-electron chi connectivity index (χ4n) is 2.16. The molecule has 1 aromatic carbocycles. The second-order valence-electron chi connectivity index (χ2n) is 4.51. The molecule has 1 aromatic rings. The van der Waals surface area contributed by atoms with Gasteiger partial charge in [-0.15, -0.1) is 0 Å². The maximum Gasteiger partial charge on any atom is 0.123 e. The Morgan fingerprint density at radius 1 is 1.41 bits per heavy atom. The highest BCUT2D eigenvalue weighted by Gasteiger charge is 2.24. The molecule has 0 saturated carbocycles. The summed E-state index contributed by atoms with van der Waals surface area (Å²) in [7, 11) is 5.51. The molecule has 0 heterocycles. The number of nitrogens with zero attached hydrogens (tertiary/aromatic N) is 1. The van der Waals surface area contributed by atoms with Gasteiger partial charge in [-0.05, 0) is 44.8 Å². The third-order valence-electron chi connectivity index (χ3n) is 2.98. The first kappa shape index (κ1) is 13.9. The van der Waals surface area contributed by atoms with Gasteiger partial charge in [-0.3, -0.25) is 0 Å². The van der Waals surface area contributed by atoms with E-state index in [1.54, 1.807) is 13.2 Å². The van der Waals surface area contributed by atoms with Crippen LogP contribution in [0.4, 0.5) is 4.39 Å². The molecular formula is C13H21FN2O. The van der Waals surface area contributed by atoms with Crippen LogP contribution in [0, 0.1) is 11.7 Å². The molecule has 3 nitrogen and oxygen atoms in total. The van der Waals surface area contributed by atoms with Crippen molar-refractivity contribution in [1.82, 2.24) is 4.90 Å². The van der Waals surface area contributed by atoms with Gasteiger partial charge in [-0.25, -0.2) is 4.39 Å². The summed E-state index contributed by atoms with van der Waals surface area (Å²) in [5, 5.41) is 0. The van der Waals surface area contributed by atoms with Crippen molar-refractivity contribution in [3.63, 3.8) is 0 Å². The van der Waals surface area contributed by atoms with E-state index >= 15 is 0 Å². The Kier molecular flexibility index (Phi) is 4.90. The van der Waals surface area contributed by atoms with E-state index in [4.69, 9.17) is 10.5 Å². The molecule has 0 spiro atoms. The predicted octanol–water partition coefficient (Wildman–Crippen LogP) is 2.03. The highest BCUT2D eigenvalue weighted by Crippen LogP contribution is 2.33. The molecule has 0 aliphatic rings. The zero-order valence-corrected chi connectivity index (χ0v) is 10.9. The van der Waals surface area contributed by atoms with Gasteiger partial charge in [-0.2, -0.15) is 0 Å². The van der Waals surface area contributed by atoms with E-state index in [-0.39, 0.29) is 17.8 Å². The normalized spacial score (nSPS) is 14.8. The predicted molar refractivity (Wildman–Crippen MR) is 67.6 cm³/mol. The van der Waals surface area contributed by atoms with Gasteiger partial charge in [0, 0.05) is 11.6 Å². The molecule has 0 aliphatic heterocycles. The van der Waals surface area contributed by atoms with Crippen LogP contribution in [0.5, 0.6) is 5.75 Å². The SMILES string of the molecule is COc1ccc(F)cc1C(C(C)CN)N(C)C. The fraction of sp³-hybridized carbons (Fsp3) is 0.538. The Labute approximate surface area is 102 Å². The highest BCUT2D eigenvalue weighted by atomic mass is 19.1. The standard InChI is InChI=1S/C13H21FN2O/c1-9(8-15)13(16(2)3)11-7-10(14)5-6-12(11)17-4/h5-7,9,13H,8,15H2,1-4H3. The Hall–Kier alpha value is -1.13. The Bertz CT molecular complexity index is 368. The molecule has 2 atom stereocenters. The summed E-state index contributed by atoms with van der Waals surface area (Å²) in [5.41, 5.74) is 6.56. The average Bonchev–Trinajstić information content (AvgIpc) is 2.29. The molecule has 0 fully saturated rings. The minimum Gasteiger partial charge on any atom is -0.496 e. The lowest BCUT2D eigenvalue weighted by molar-refractivity contribution is 0.221. The summed E-state index contributed by atoms with van der Waals surface area (Å²) in [5.74, 6) is 0.669. The van der Waals surface area contributed by atoms with Crippen LogP contribution < -0.4 is 10.5 Å². The van der Waals surface area contributed by atoms with Crippen molar-refractivity contribution in [2.75, 3.05) is 27.7 Å². The summed E-state index contributed by atoms with van der Waals surface area (Å²) in [6.07, 6.45) is 0. The lowest BCUT2D eigenvalue weighted by Gasteiger charge is -2.31. The van der Waals surface area contributed by atoms with Crippen LogP contribution in [0.2, 0.25) is 0 Å². The average molecular weight is 240 g/mol. The van der Waals surface area contributed by atoms with Gasteiger partial charge in [0.05, 0.1) is 7.11 Å². The van der Waals surface area contributed by atoms with E-state index in [1.165, 1.54) is 12.1 Å².